The van der Waals surface area contributed by atoms with Gasteiger partial charge in [0.2, 0.25) is 0 Å². The number of pyridine rings is 1. The van der Waals surface area contributed by atoms with Crippen LogP contribution in [-0.4, -0.2) is 54.1 Å². The zero-order chi connectivity index (χ0) is 14.5. The molecule has 2 fully saturated rings. The molecule has 4 heteroatoms. The number of rotatable bonds is 7. The normalized spacial score (nSPS) is 20.6. The van der Waals surface area contributed by atoms with Gasteiger partial charge < -0.3 is 10.2 Å². The quantitative estimate of drug-likeness (QED) is 0.835. The van der Waals surface area contributed by atoms with Gasteiger partial charge in [-0.3, -0.25) is 4.90 Å². The minimum Gasteiger partial charge on any atom is -0.370 e. The highest BCUT2D eigenvalue weighted by Gasteiger charge is 2.26. The van der Waals surface area contributed by atoms with Crippen molar-refractivity contribution < 1.29 is 0 Å². The number of piperazine rings is 1. The second-order valence-corrected chi connectivity index (χ2v) is 6.50. The second kappa shape index (κ2) is 7.23. The Balaban J connectivity index is 1.45. The van der Waals surface area contributed by atoms with Gasteiger partial charge in [-0.25, -0.2) is 4.98 Å². The Labute approximate surface area is 128 Å². The minimum atomic E-state index is 0.996. The predicted octanol–water partition coefficient (Wildman–Crippen LogP) is 2.43. The first-order chi connectivity index (χ1) is 10.3. The SMILES string of the molecule is CCCNc1cc(CN2CCN(CC3CC3)CC2)ccn1. The molecule has 0 bridgehead atoms. The number of hydrogen-bond donors (Lipinski definition) is 1. The molecule has 0 aromatic carbocycles. The standard InChI is InChI=1S/C17H28N4/c1-2-6-18-17-12-16(5-7-19-17)14-21-10-8-20(9-11-21)13-15-3-4-15/h5,7,12,15H,2-4,6,8-11,13-14H2,1H3,(H,18,19). The van der Waals surface area contributed by atoms with Crippen LogP contribution >= 0.6 is 0 Å². The lowest BCUT2D eigenvalue weighted by atomic mass is 10.2. The molecule has 0 atom stereocenters. The molecule has 21 heavy (non-hydrogen) atoms. The van der Waals surface area contributed by atoms with Gasteiger partial charge in [0, 0.05) is 52.0 Å². The molecule has 1 aliphatic carbocycles. The van der Waals surface area contributed by atoms with Crippen molar-refractivity contribution in [3.05, 3.63) is 23.9 Å². The van der Waals surface area contributed by atoms with Crippen molar-refractivity contribution in [3.8, 4) is 0 Å². The Hall–Kier alpha value is -1.13. The largest absolute Gasteiger partial charge is 0.370 e. The van der Waals surface area contributed by atoms with Crippen LogP contribution in [0.3, 0.4) is 0 Å². The van der Waals surface area contributed by atoms with E-state index in [4.69, 9.17) is 0 Å². The van der Waals surface area contributed by atoms with Gasteiger partial charge in [0.05, 0.1) is 0 Å². The lowest BCUT2D eigenvalue weighted by Crippen LogP contribution is -2.46. The highest BCUT2D eigenvalue weighted by molar-refractivity contribution is 5.37. The van der Waals surface area contributed by atoms with Crippen LogP contribution in [0.2, 0.25) is 0 Å². The summed E-state index contributed by atoms with van der Waals surface area (Å²) in [6.07, 6.45) is 5.99. The molecule has 1 aromatic heterocycles. The fourth-order valence-corrected chi connectivity index (χ4v) is 2.98. The number of anilines is 1. The molecular formula is C17H28N4. The van der Waals surface area contributed by atoms with E-state index in [1.165, 1.54) is 51.1 Å². The van der Waals surface area contributed by atoms with Gasteiger partial charge >= 0.3 is 0 Å². The molecule has 2 heterocycles. The molecule has 116 valence electrons. The molecule has 1 saturated carbocycles. The first-order valence-corrected chi connectivity index (χ1v) is 8.47. The van der Waals surface area contributed by atoms with Crippen molar-refractivity contribution >= 4 is 5.82 Å². The number of hydrogen-bond acceptors (Lipinski definition) is 4. The first-order valence-electron chi connectivity index (χ1n) is 8.47. The summed E-state index contributed by atoms with van der Waals surface area (Å²) in [5, 5.41) is 3.37. The van der Waals surface area contributed by atoms with E-state index < -0.39 is 0 Å². The zero-order valence-electron chi connectivity index (χ0n) is 13.2. The average molecular weight is 288 g/mol. The van der Waals surface area contributed by atoms with E-state index in [2.05, 4.69) is 39.2 Å². The van der Waals surface area contributed by atoms with Crippen LogP contribution in [0.15, 0.2) is 18.3 Å². The molecule has 1 aromatic rings. The van der Waals surface area contributed by atoms with E-state index >= 15 is 0 Å². The fraction of sp³-hybridized carbons (Fsp3) is 0.706. The maximum atomic E-state index is 4.38. The van der Waals surface area contributed by atoms with Crippen molar-refractivity contribution in [3.63, 3.8) is 0 Å². The van der Waals surface area contributed by atoms with E-state index in [1.54, 1.807) is 0 Å². The average Bonchev–Trinajstić information content (AvgIpc) is 3.32. The second-order valence-electron chi connectivity index (χ2n) is 6.50. The topological polar surface area (TPSA) is 31.4 Å². The molecule has 0 amide bonds. The van der Waals surface area contributed by atoms with Crippen molar-refractivity contribution in [1.82, 2.24) is 14.8 Å². The highest BCUT2D eigenvalue weighted by atomic mass is 15.3. The molecule has 3 rings (SSSR count). The lowest BCUT2D eigenvalue weighted by Gasteiger charge is -2.34. The van der Waals surface area contributed by atoms with Gasteiger partial charge in [-0.05, 0) is 42.9 Å². The maximum Gasteiger partial charge on any atom is 0.126 e. The summed E-state index contributed by atoms with van der Waals surface area (Å²) in [4.78, 5) is 9.60. The van der Waals surface area contributed by atoms with Crippen LogP contribution in [0.1, 0.15) is 31.7 Å². The van der Waals surface area contributed by atoms with Crippen LogP contribution in [-0.2, 0) is 6.54 Å². The Morgan fingerprint density at radius 1 is 1.19 bits per heavy atom. The van der Waals surface area contributed by atoms with Crippen LogP contribution in [0, 0.1) is 5.92 Å². The van der Waals surface area contributed by atoms with Crippen LogP contribution in [0.25, 0.3) is 0 Å². The first kappa shape index (κ1) is 14.8. The molecule has 0 unspecified atom stereocenters. The monoisotopic (exact) mass is 288 g/mol. The van der Waals surface area contributed by atoms with E-state index in [9.17, 15) is 0 Å². The molecule has 1 aliphatic heterocycles. The molecule has 2 aliphatic rings. The van der Waals surface area contributed by atoms with Gasteiger partial charge in [0.25, 0.3) is 0 Å². The third kappa shape index (κ3) is 4.68. The zero-order valence-corrected chi connectivity index (χ0v) is 13.2. The fourth-order valence-electron chi connectivity index (χ4n) is 2.98. The number of aromatic nitrogens is 1. The molecule has 1 N–H and O–H groups in total. The van der Waals surface area contributed by atoms with Crippen molar-refractivity contribution in [2.45, 2.75) is 32.7 Å². The van der Waals surface area contributed by atoms with E-state index in [0.29, 0.717) is 0 Å². The maximum absolute atomic E-state index is 4.38. The molecule has 4 nitrogen and oxygen atoms in total. The summed E-state index contributed by atoms with van der Waals surface area (Å²) in [7, 11) is 0. The highest BCUT2D eigenvalue weighted by Crippen LogP contribution is 2.30. The summed E-state index contributed by atoms with van der Waals surface area (Å²) >= 11 is 0. The van der Waals surface area contributed by atoms with Crippen LogP contribution < -0.4 is 5.32 Å². The smallest absolute Gasteiger partial charge is 0.126 e. The van der Waals surface area contributed by atoms with Crippen molar-refractivity contribution in [2.24, 2.45) is 5.92 Å². The summed E-state index contributed by atoms with van der Waals surface area (Å²) < 4.78 is 0. The van der Waals surface area contributed by atoms with E-state index in [0.717, 1.165) is 31.2 Å². The van der Waals surface area contributed by atoms with Gasteiger partial charge in [-0.2, -0.15) is 0 Å². The van der Waals surface area contributed by atoms with Gasteiger partial charge in [-0.1, -0.05) is 6.92 Å². The summed E-state index contributed by atoms with van der Waals surface area (Å²) in [6, 6.07) is 4.35. The van der Waals surface area contributed by atoms with Gasteiger partial charge in [0.1, 0.15) is 5.82 Å². The van der Waals surface area contributed by atoms with Gasteiger partial charge in [-0.15, -0.1) is 0 Å². The third-order valence-electron chi connectivity index (χ3n) is 4.46. The molecule has 0 spiro atoms. The van der Waals surface area contributed by atoms with Crippen molar-refractivity contribution in [2.75, 3.05) is 44.6 Å². The number of nitrogens with one attached hydrogen (secondary N) is 1. The summed E-state index contributed by atoms with van der Waals surface area (Å²) in [6.45, 7) is 10.5. The summed E-state index contributed by atoms with van der Waals surface area (Å²) in [5.74, 6) is 2.03. The predicted molar refractivity (Wildman–Crippen MR) is 87.5 cm³/mol. The molecule has 0 radical (unpaired) electrons. The molecular weight excluding hydrogens is 260 g/mol. The van der Waals surface area contributed by atoms with Crippen molar-refractivity contribution in [1.29, 1.82) is 0 Å². The van der Waals surface area contributed by atoms with Gasteiger partial charge in [0.15, 0.2) is 0 Å². The summed E-state index contributed by atoms with van der Waals surface area (Å²) in [5.41, 5.74) is 1.37. The Bertz CT molecular complexity index is 436. The third-order valence-corrected chi connectivity index (χ3v) is 4.46. The lowest BCUT2D eigenvalue weighted by molar-refractivity contribution is 0.123. The number of nitrogens with zero attached hydrogens (tertiary/aromatic N) is 3. The Morgan fingerprint density at radius 3 is 2.67 bits per heavy atom. The van der Waals surface area contributed by atoms with E-state index in [-0.39, 0.29) is 0 Å². The Kier molecular flexibility index (Phi) is 5.09. The molecule has 1 saturated heterocycles. The minimum absolute atomic E-state index is 0.996. The van der Waals surface area contributed by atoms with Crippen LogP contribution in [0.4, 0.5) is 5.82 Å². The Morgan fingerprint density at radius 2 is 1.95 bits per heavy atom. The van der Waals surface area contributed by atoms with Crippen LogP contribution in [0.5, 0.6) is 0 Å². The van der Waals surface area contributed by atoms with E-state index in [1.807, 2.05) is 6.20 Å².